The van der Waals surface area contributed by atoms with E-state index in [-0.39, 0.29) is 12.4 Å². The molecule has 0 aliphatic rings. The van der Waals surface area contributed by atoms with Crippen molar-refractivity contribution in [3.63, 3.8) is 0 Å². The molecule has 0 atom stereocenters. The van der Waals surface area contributed by atoms with Crippen LogP contribution in [0.25, 0.3) is 0 Å². The van der Waals surface area contributed by atoms with Crippen LogP contribution in [0.4, 0.5) is 4.39 Å². The van der Waals surface area contributed by atoms with E-state index >= 15 is 0 Å². The summed E-state index contributed by atoms with van der Waals surface area (Å²) in [6.45, 7) is 3.59. The first kappa shape index (κ1) is 13.5. The normalized spacial score (nSPS) is 10.5. The van der Waals surface area contributed by atoms with Gasteiger partial charge in [-0.25, -0.2) is 9.37 Å². The number of aliphatic hydroxyl groups excluding tert-OH is 1. The topological polar surface area (TPSA) is 42.4 Å². The molecule has 1 N–H and O–H groups in total. The molecule has 0 fully saturated rings. The number of aryl methyl sites for hydroxylation is 2. The summed E-state index contributed by atoms with van der Waals surface area (Å²) in [5.74, 6) is 0.450. The molecule has 0 aliphatic carbocycles. The molecule has 0 amide bonds. The lowest BCUT2D eigenvalue weighted by atomic mass is 10.2. The van der Waals surface area contributed by atoms with E-state index in [0.717, 1.165) is 17.7 Å². The van der Waals surface area contributed by atoms with Crippen molar-refractivity contribution in [2.45, 2.75) is 26.9 Å². The molecular weight excluding hydrogens is 245 g/mol. The summed E-state index contributed by atoms with van der Waals surface area (Å²) in [5, 5.41) is 9.19. The Bertz CT molecular complexity index is 562. The van der Waals surface area contributed by atoms with Crippen LogP contribution >= 0.6 is 0 Å². The van der Waals surface area contributed by atoms with Gasteiger partial charge in [0.1, 0.15) is 11.6 Å². The van der Waals surface area contributed by atoms with Gasteiger partial charge in [-0.05, 0) is 36.6 Å². The molecule has 19 heavy (non-hydrogen) atoms. The summed E-state index contributed by atoms with van der Waals surface area (Å²) in [4.78, 5) is 4.29. The summed E-state index contributed by atoms with van der Waals surface area (Å²) in [7, 11) is 0. The van der Waals surface area contributed by atoms with Gasteiger partial charge in [0, 0.05) is 17.8 Å². The molecule has 0 radical (unpaired) electrons. The number of hydrogen-bond acceptors (Lipinski definition) is 3. The van der Waals surface area contributed by atoms with Gasteiger partial charge in [-0.3, -0.25) is 0 Å². The molecule has 0 bridgehead atoms. The molecule has 1 aromatic heterocycles. The monoisotopic (exact) mass is 261 g/mol. The second kappa shape index (κ2) is 5.80. The summed E-state index contributed by atoms with van der Waals surface area (Å²) in [5.41, 5.74) is 2.13. The van der Waals surface area contributed by atoms with Crippen LogP contribution in [0.5, 0.6) is 11.6 Å². The Hall–Kier alpha value is -1.94. The van der Waals surface area contributed by atoms with E-state index in [1.807, 2.05) is 13.0 Å². The first-order chi connectivity index (χ1) is 9.12. The Balaban J connectivity index is 2.29. The maximum atomic E-state index is 13.4. The molecule has 0 saturated carbocycles. The minimum atomic E-state index is -0.313. The fourth-order valence-corrected chi connectivity index (χ4v) is 1.70. The van der Waals surface area contributed by atoms with Gasteiger partial charge in [-0.2, -0.15) is 0 Å². The fraction of sp³-hybridized carbons (Fsp3) is 0.267. The molecule has 4 heteroatoms. The Morgan fingerprint density at radius 3 is 2.68 bits per heavy atom. The van der Waals surface area contributed by atoms with Gasteiger partial charge in [0.05, 0.1) is 6.61 Å². The third kappa shape index (κ3) is 3.29. The second-order valence-electron chi connectivity index (χ2n) is 4.33. The standard InChI is InChI=1S/C15H16FNO2/c1-3-12-6-11(9-18)7-15(17-12)19-13-5-4-10(2)14(16)8-13/h4-8,18H,3,9H2,1-2H3. The number of ether oxygens (including phenoxy) is 1. The van der Waals surface area contributed by atoms with Crippen molar-refractivity contribution >= 4 is 0 Å². The van der Waals surface area contributed by atoms with Gasteiger partial charge in [0.25, 0.3) is 0 Å². The summed E-state index contributed by atoms with van der Waals surface area (Å²) in [6, 6.07) is 8.15. The highest BCUT2D eigenvalue weighted by Gasteiger charge is 2.06. The van der Waals surface area contributed by atoms with Crippen LogP contribution in [0.2, 0.25) is 0 Å². The Kier molecular flexibility index (Phi) is 4.12. The Morgan fingerprint density at radius 1 is 1.26 bits per heavy atom. The van der Waals surface area contributed by atoms with Crippen LogP contribution in [0.3, 0.4) is 0 Å². The molecule has 0 spiro atoms. The van der Waals surface area contributed by atoms with Gasteiger partial charge in [-0.15, -0.1) is 0 Å². The largest absolute Gasteiger partial charge is 0.439 e. The van der Waals surface area contributed by atoms with E-state index in [4.69, 9.17) is 4.74 Å². The minimum Gasteiger partial charge on any atom is -0.439 e. The molecular formula is C15H16FNO2. The van der Waals surface area contributed by atoms with E-state index in [1.54, 1.807) is 25.1 Å². The zero-order valence-electron chi connectivity index (χ0n) is 11.0. The molecule has 0 unspecified atom stereocenters. The lowest BCUT2D eigenvalue weighted by Crippen LogP contribution is -1.96. The van der Waals surface area contributed by atoms with Crippen molar-refractivity contribution in [1.82, 2.24) is 4.98 Å². The highest BCUT2D eigenvalue weighted by Crippen LogP contribution is 2.23. The molecule has 1 heterocycles. The van der Waals surface area contributed by atoms with Gasteiger partial charge in [0.15, 0.2) is 0 Å². The van der Waals surface area contributed by atoms with Gasteiger partial charge in [0.2, 0.25) is 5.88 Å². The first-order valence-corrected chi connectivity index (χ1v) is 6.17. The SMILES string of the molecule is CCc1cc(CO)cc(Oc2ccc(C)c(F)c2)n1. The van der Waals surface area contributed by atoms with Crippen LogP contribution in [-0.2, 0) is 13.0 Å². The lowest BCUT2D eigenvalue weighted by Gasteiger charge is -2.09. The van der Waals surface area contributed by atoms with Crippen LogP contribution in [0.15, 0.2) is 30.3 Å². The van der Waals surface area contributed by atoms with Gasteiger partial charge in [-0.1, -0.05) is 13.0 Å². The number of halogens is 1. The lowest BCUT2D eigenvalue weighted by molar-refractivity contribution is 0.281. The van der Waals surface area contributed by atoms with Crippen molar-refractivity contribution in [3.05, 3.63) is 53.0 Å². The number of pyridine rings is 1. The van der Waals surface area contributed by atoms with Gasteiger partial charge >= 0.3 is 0 Å². The van der Waals surface area contributed by atoms with E-state index in [2.05, 4.69) is 4.98 Å². The van der Waals surface area contributed by atoms with Crippen molar-refractivity contribution in [1.29, 1.82) is 0 Å². The number of aliphatic hydroxyl groups is 1. The van der Waals surface area contributed by atoms with Crippen molar-refractivity contribution in [3.8, 4) is 11.6 Å². The molecule has 0 saturated heterocycles. The zero-order valence-corrected chi connectivity index (χ0v) is 11.0. The number of aromatic nitrogens is 1. The quantitative estimate of drug-likeness (QED) is 0.917. The number of rotatable bonds is 4. The van der Waals surface area contributed by atoms with E-state index in [1.165, 1.54) is 6.07 Å². The van der Waals surface area contributed by atoms with E-state index < -0.39 is 0 Å². The van der Waals surface area contributed by atoms with Gasteiger partial charge < -0.3 is 9.84 Å². The molecule has 0 aliphatic heterocycles. The van der Waals surface area contributed by atoms with Crippen LogP contribution < -0.4 is 4.74 Å². The van der Waals surface area contributed by atoms with E-state index in [0.29, 0.717) is 17.2 Å². The predicted molar refractivity (Wildman–Crippen MR) is 70.7 cm³/mol. The second-order valence-corrected chi connectivity index (χ2v) is 4.33. The third-order valence-electron chi connectivity index (χ3n) is 2.83. The van der Waals surface area contributed by atoms with Crippen molar-refractivity contribution in [2.24, 2.45) is 0 Å². The number of hydrogen-bond donors (Lipinski definition) is 1. The maximum Gasteiger partial charge on any atom is 0.219 e. The highest BCUT2D eigenvalue weighted by molar-refractivity contribution is 5.33. The highest BCUT2D eigenvalue weighted by atomic mass is 19.1. The molecule has 2 aromatic rings. The Labute approximate surface area is 111 Å². The summed E-state index contributed by atoms with van der Waals surface area (Å²) >= 11 is 0. The van der Waals surface area contributed by atoms with E-state index in [9.17, 15) is 9.50 Å². The number of nitrogens with zero attached hydrogens (tertiary/aromatic N) is 1. The first-order valence-electron chi connectivity index (χ1n) is 6.17. The molecule has 1 aromatic carbocycles. The average molecular weight is 261 g/mol. The summed E-state index contributed by atoms with van der Waals surface area (Å²) in [6.07, 6.45) is 0.743. The fourth-order valence-electron chi connectivity index (χ4n) is 1.70. The van der Waals surface area contributed by atoms with Crippen molar-refractivity contribution in [2.75, 3.05) is 0 Å². The molecule has 3 nitrogen and oxygen atoms in total. The maximum absolute atomic E-state index is 13.4. The third-order valence-corrected chi connectivity index (χ3v) is 2.83. The zero-order chi connectivity index (χ0) is 13.8. The van der Waals surface area contributed by atoms with Crippen LogP contribution in [0.1, 0.15) is 23.7 Å². The smallest absolute Gasteiger partial charge is 0.219 e. The Morgan fingerprint density at radius 2 is 2.05 bits per heavy atom. The minimum absolute atomic E-state index is 0.0753. The van der Waals surface area contributed by atoms with Crippen LogP contribution in [0, 0.1) is 12.7 Å². The number of benzene rings is 1. The molecule has 2 rings (SSSR count). The van der Waals surface area contributed by atoms with Crippen molar-refractivity contribution < 1.29 is 14.2 Å². The average Bonchev–Trinajstić information content (AvgIpc) is 2.42. The van der Waals surface area contributed by atoms with Crippen LogP contribution in [-0.4, -0.2) is 10.1 Å². The summed E-state index contributed by atoms with van der Waals surface area (Å²) < 4.78 is 19.0. The molecule has 100 valence electrons. The predicted octanol–water partition coefficient (Wildman–Crippen LogP) is 3.38.